The van der Waals surface area contributed by atoms with Crippen LogP contribution in [0.25, 0.3) is 0 Å². The number of nitrogens with one attached hydrogen (secondary N) is 1. The maximum absolute atomic E-state index is 13.3. The maximum atomic E-state index is 13.3. The molecule has 6 nitrogen and oxygen atoms in total. The van der Waals surface area contributed by atoms with Gasteiger partial charge in [0.1, 0.15) is 29.2 Å². The van der Waals surface area contributed by atoms with Crippen molar-refractivity contribution in [2.45, 2.75) is 5.37 Å². The van der Waals surface area contributed by atoms with Crippen molar-refractivity contribution < 1.29 is 23.5 Å². The molecule has 1 saturated heterocycles. The summed E-state index contributed by atoms with van der Waals surface area (Å²) in [6, 6.07) is 10.9. The molecule has 0 bridgehead atoms. The number of methoxy groups -OCH3 is 2. The van der Waals surface area contributed by atoms with Crippen LogP contribution in [0, 0.1) is 5.82 Å². The Hall–Kier alpha value is -2.74. The molecule has 142 valence electrons. The molecule has 0 saturated carbocycles. The molecule has 0 spiro atoms. The first kappa shape index (κ1) is 19.0. The largest absolute Gasteiger partial charge is 0.497 e. The van der Waals surface area contributed by atoms with Crippen molar-refractivity contribution in [3.8, 4) is 11.5 Å². The van der Waals surface area contributed by atoms with Crippen LogP contribution in [0.15, 0.2) is 42.5 Å². The number of carbonyl (C=O) groups is 2. The van der Waals surface area contributed by atoms with Gasteiger partial charge in [-0.1, -0.05) is 6.07 Å². The molecule has 8 heteroatoms. The lowest BCUT2D eigenvalue weighted by molar-refractivity contribution is -0.132. The average Bonchev–Trinajstić information content (AvgIpc) is 3.01. The summed E-state index contributed by atoms with van der Waals surface area (Å²) in [6.07, 6.45) is 0. The predicted molar refractivity (Wildman–Crippen MR) is 101 cm³/mol. The van der Waals surface area contributed by atoms with Gasteiger partial charge in [-0.3, -0.25) is 9.59 Å². The van der Waals surface area contributed by atoms with Gasteiger partial charge in [0.2, 0.25) is 11.8 Å². The predicted octanol–water partition coefficient (Wildman–Crippen LogP) is 3.06. The number of benzene rings is 2. The Labute approximate surface area is 160 Å². The van der Waals surface area contributed by atoms with E-state index in [2.05, 4.69) is 5.32 Å². The van der Waals surface area contributed by atoms with E-state index in [1.807, 2.05) is 0 Å². The molecule has 2 amide bonds. The molecule has 0 unspecified atom stereocenters. The molecule has 1 heterocycles. The molecule has 1 atom stereocenters. The molecule has 2 aromatic rings. The summed E-state index contributed by atoms with van der Waals surface area (Å²) < 4.78 is 23.9. The van der Waals surface area contributed by atoms with E-state index in [0.29, 0.717) is 17.2 Å². The minimum atomic E-state index is -0.445. The van der Waals surface area contributed by atoms with Gasteiger partial charge in [0.05, 0.1) is 20.0 Å². The van der Waals surface area contributed by atoms with Crippen LogP contribution < -0.4 is 14.8 Å². The second-order valence-electron chi connectivity index (χ2n) is 5.85. The van der Waals surface area contributed by atoms with E-state index in [0.717, 1.165) is 5.56 Å². The lowest BCUT2D eigenvalue weighted by atomic mass is 10.1. The minimum Gasteiger partial charge on any atom is -0.497 e. The number of rotatable bonds is 6. The highest BCUT2D eigenvalue weighted by Crippen LogP contribution is 2.43. The molecular weight excluding hydrogens is 371 g/mol. The number of anilines is 1. The van der Waals surface area contributed by atoms with Crippen LogP contribution in [0.3, 0.4) is 0 Å². The summed E-state index contributed by atoms with van der Waals surface area (Å²) in [5.41, 5.74) is 1.10. The first-order valence-electron chi connectivity index (χ1n) is 8.20. The first-order chi connectivity index (χ1) is 13.0. The highest BCUT2D eigenvalue weighted by Gasteiger charge is 2.36. The van der Waals surface area contributed by atoms with Crippen LogP contribution in [0.1, 0.15) is 10.9 Å². The zero-order valence-electron chi connectivity index (χ0n) is 14.9. The Balaban J connectivity index is 1.79. The van der Waals surface area contributed by atoms with E-state index in [1.165, 1.54) is 34.9 Å². The van der Waals surface area contributed by atoms with Crippen molar-refractivity contribution in [3.05, 3.63) is 53.8 Å². The van der Waals surface area contributed by atoms with Crippen molar-refractivity contribution in [2.75, 3.05) is 31.8 Å². The third-order valence-corrected chi connectivity index (χ3v) is 5.33. The Kier molecular flexibility index (Phi) is 5.85. The fraction of sp³-hybridized carbons (Fsp3) is 0.263. The van der Waals surface area contributed by atoms with Crippen molar-refractivity contribution in [1.29, 1.82) is 0 Å². The lowest BCUT2D eigenvalue weighted by Crippen LogP contribution is -2.36. The summed E-state index contributed by atoms with van der Waals surface area (Å²) in [4.78, 5) is 26.2. The number of amides is 2. The van der Waals surface area contributed by atoms with Crippen LogP contribution in [0.5, 0.6) is 11.5 Å². The van der Waals surface area contributed by atoms with Crippen LogP contribution in [-0.4, -0.2) is 43.2 Å². The number of ether oxygens (including phenoxy) is 2. The fourth-order valence-corrected chi connectivity index (χ4v) is 4.04. The standard InChI is InChI=1S/C19H19FN2O4S/c1-25-14-6-7-16(26-2)15(9-14)19-22(18(24)11-27-19)10-17(23)21-13-5-3-4-12(20)8-13/h3-9,19H,10-11H2,1-2H3,(H,21,23)/t19-/m1/s1. The Morgan fingerprint density at radius 2 is 2.07 bits per heavy atom. The van der Waals surface area contributed by atoms with Crippen molar-refractivity contribution in [2.24, 2.45) is 0 Å². The first-order valence-corrected chi connectivity index (χ1v) is 9.25. The lowest BCUT2D eigenvalue weighted by Gasteiger charge is -2.25. The van der Waals surface area contributed by atoms with Gasteiger partial charge in [-0.05, 0) is 36.4 Å². The topological polar surface area (TPSA) is 67.9 Å². The second kappa shape index (κ2) is 8.30. The molecule has 27 heavy (non-hydrogen) atoms. The number of hydrogen-bond donors (Lipinski definition) is 1. The summed E-state index contributed by atoms with van der Waals surface area (Å²) in [6.45, 7) is -0.145. The fourth-order valence-electron chi connectivity index (χ4n) is 2.84. The number of thioether (sulfide) groups is 1. The number of carbonyl (C=O) groups excluding carboxylic acids is 2. The highest BCUT2D eigenvalue weighted by atomic mass is 32.2. The van der Waals surface area contributed by atoms with Gasteiger partial charge in [0.25, 0.3) is 0 Å². The zero-order valence-corrected chi connectivity index (χ0v) is 15.7. The maximum Gasteiger partial charge on any atom is 0.244 e. The molecule has 0 aromatic heterocycles. The van der Waals surface area contributed by atoms with Crippen molar-refractivity contribution in [3.63, 3.8) is 0 Å². The van der Waals surface area contributed by atoms with Gasteiger partial charge in [-0.15, -0.1) is 11.8 Å². The van der Waals surface area contributed by atoms with Gasteiger partial charge < -0.3 is 19.7 Å². The smallest absolute Gasteiger partial charge is 0.244 e. The Morgan fingerprint density at radius 1 is 1.26 bits per heavy atom. The molecular formula is C19H19FN2O4S. The highest BCUT2D eigenvalue weighted by molar-refractivity contribution is 8.00. The van der Waals surface area contributed by atoms with Crippen LogP contribution in [0.2, 0.25) is 0 Å². The van der Waals surface area contributed by atoms with E-state index in [9.17, 15) is 14.0 Å². The molecule has 0 aliphatic carbocycles. The number of hydrogen-bond acceptors (Lipinski definition) is 5. The van der Waals surface area contributed by atoms with Gasteiger partial charge in [0.15, 0.2) is 0 Å². The summed E-state index contributed by atoms with van der Waals surface area (Å²) in [7, 11) is 3.11. The van der Waals surface area contributed by atoms with E-state index in [1.54, 1.807) is 38.5 Å². The summed E-state index contributed by atoms with van der Waals surface area (Å²) >= 11 is 1.41. The average molecular weight is 390 g/mol. The Morgan fingerprint density at radius 3 is 2.78 bits per heavy atom. The van der Waals surface area contributed by atoms with Gasteiger partial charge >= 0.3 is 0 Å². The molecule has 0 radical (unpaired) electrons. The third kappa shape index (κ3) is 4.33. The molecule has 3 rings (SSSR count). The normalized spacial score (nSPS) is 16.3. The van der Waals surface area contributed by atoms with Gasteiger partial charge in [-0.25, -0.2) is 4.39 Å². The number of halogens is 1. The van der Waals surface area contributed by atoms with E-state index >= 15 is 0 Å². The van der Waals surface area contributed by atoms with Crippen molar-refractivity contribution >= 4 is 29.3 Å². The summed E-state index contributed by atoms with van der Waals surface area (Å²) in [5.74, 6) is 0.513. The van der Waals surface area contributed by atoms with E-state index in [4.69, 9.17) is 9.47 Å². The molecule has 1 aliphatic heterocycles. The zero-order chi connectivity index (χ0) is 19.4. The molecule has 1 fully saturated rings. The van der Waals surface area contributed by atoms with Gasteiger partial charge in [0, 0.05) is 11.3 Å². The third-order valence-electron chi connectivity index (χ3n) is 4.09. The quantitative estimate of drug-likeness (QED) is 0.821. The molecule has 1 aliphatic rings. The second-order valence-corrected chi connectivity index (χ2v) is 6.92. The van der Waals surface area contributed by atoms with E-state index in [-0.39, 0.29) is 23.6 Å². The van der Waals surface area contributed by atoms with Crippen LogP contribution >= 0.6 is 11.8 Å². The van der Waals surface area contributed by atoms with Crippen LogP contribution in [0.4, 0.5) is 10.1 Å². The van der Waals surface area contributed by atoms with Crippen molar-refractivity contribution in [1.82, 2.24) is 4.90 Å². The number of nitrogens with zero attached hydrogens (tertiary/aromatic N) is 1. The summed E-state index contributed by atoms with van der Waals surface area (Å²) in [5, 5.41) is 2.24. The van der Waals surface area contributed by atoms with Crippen LogP contribution in [-0.2, 0) is 9.59 Å². The minimum absolute atomic E-state index is 0.145. The Bertz CT molecular complexity index is 861. The van der Waals surface area contributed by atoms with Gasteiger partial charge in [-0.2, -0.15) is 0 Å². The van der Waals surface area contributed by atoms with E-state index < -0.39 is 11.7 Å². The monoisotopic (exact) mass is 390 g/mol. The SMILES string of the molecule is COc1ccc(OC)c([C@H]2SCC(=O)N2CC(=O)Nc2cccc(F)c2)c1. The molecule has 1 N–H and O–H groups in total. The molecule has 2 aromatic carbocycles.